The highest BCUT2D eigenvalue weighted by atomic mass is 79.9. The van der Waals surface area contributed by atoms with Crippen molar-refractivity contribution in [1.29, 1.82) is 0 Å². The summed E-state index contributed by atoms with van der Waals surface area (Å²) in [6.45, 7) is 6.41. The lowest BCUT2D eigenvalue weighted by molar-refractivity contribution is -0.140. The monoisotopic (exact) mass is 474 g/mol. The van der Waals surface area contributed by atoms with Crippen molar-refractivity contribution in [2.24, 2.45) is 0 Å². The number of carbonyl (C=O) groups is 2. The second-order valence-electron chi connectivity index (χ2n) is 7.05. The van der Waals surface area contributed by atoms with Crippen LogP contribution in [0, 0.1) is 5.82 Å². The first-order valence-electron chi connectivity index (χ1n) is 9.90. The Labute approximate surface area is 183 Å². The highest BCUT2D eigenvalue weighted by Gasteiger charge is 2.46. The Bertz CT molecular complexity index is 971. The molecule has 1 N–H and O–H groups in total. The Morgan fingerprint density at radius 2 is 1.73 bits per heavy atom. The highest BCUT2D eigenvalue weighted by Crippen LogP contribution is 2.40. The van der Waals surface area contributed by atoms with Gasteiger partial charge in [0, 0.05) is 28.7 Å². The van der Waals surface area contributed by atoms with Crippen molar-refractivity contribution in [2.75, 3.05) is 26.2 Å². The number of rotatable bonds is 7. The van der Waals surface area contributed by atoms with Gasteiger partial charge in [-0.1, -0.05) is 60.1 Å². The average Bonchev–Trinajstić information content (AvgIpc) is 2.99. The molecule has 1 heterocycles. The SMILES string of the molecule is CCN(CC)CCN1C(=O)C(=O)/C(=C(/O)c2ccc(Br)cc2)[C@H]1c1ccccc1F. The van der Waals surface area contributed by atoms with Crippen molar-refractivity contribution in [3.8, 4) is 0 Å². The van der Waals surface area contributed by atoms with E-state index in [0.29, 0.717) is 12.1 Å². The van der Waals surface area contributed by atoms with Crippen molar-refractivity contribution in [3.63, 3.8) is 0 Å². The Kier molecular flexibility index (Phi) is 7.05. The molecule has 30 heavy (non-hydrogen) atoms. The predicted molar refractivity (Wildman–Crippen MR) is 117 cm³/mol. The summed E-state index contributed by atoms with van der Waals surface area (Å²) in [4.78, 5) is 29.3. The molecule has 0 saturated carbocycles. The van der Waals surface area contributed by atoms with Gasteiger partial charge in [-0.25, -0.2) is 4.39 Å². The zero-order chi connectivity index (χ0) is 21.8. The molecule has 1 atom stereocenters. The molecule has 2 aromatic rings. The molecule has 0 aromatic heterocycles. The summed E-state index contributed by atoms with van der Waals surface area (Å²) in [5.41, 5.74) is 0.489. The van der Waals surface area contributed by atoms with Crippen LogP contribution in [0.5, 0.6) is 0 Å². The second kappa shape index (κ2) is 9.53. The van der Waals surface area contributed by atoms with Crippen LogP contribution in [0.4, 0.5) is 4.39 Å². The number of likely N-dealkylation sites (tertiary alicyclic amines) is 1. The first-order valence-corrected chi connectivity index (χ1v) is 10.7. The van der Waals surface area contributed by atoms with Gasteiger partial charge < -0.3 is 14.9 Å². The number of likely N-dealkylation sites (N-methyl/N-ethyl adjacent to an activating group) is 1. The van der Waals surface area contributed by atoms with Gasteiger partial charge in [0.1, 0.15) is 11.6 Å². The fourth-order valence-electron chi connectivity index (χ4n) is 3.68. The zero-order valence-electron chi connectivity index (χ0n) is 16.9. The Morgan fingerprint density at radius 3 is 2.33 bits per heavy atom. The number of carbonyl (C=O) groups excluding carboxylic acids is 2. The summed E-state index contributed by atoms with van der Waals surface area (Å²) in [6, 6.07) is 11.8. The molecule has 1 aliphatic heterocycles. The fourth-order valence-corrected chi connectivity index (χ4v) is 3.95. The Balaban J connectivity index is 2.11. The molecule has 1 saturated heterocycles. The van der Waals surface area contributed by atoms with Crippen LogP contribution < -0.4 is 0 Å². The lowest BCUT2D eigenvalue weighted by Gasteiger charge is -2.28. The number of aliphatic hydroxyl groups is 1. The predicted octanol–water partition coefficient (Wildman–Crippen LogP) is 4.35. The molecule has 0 radical (unpaired) electrons. The second-order valence-corrected chi connectivity index (χ2v) is 7.96. The third-order valence-corrected chi connectivity index (χ3v) is 5.94. The summed E-state index contributed by atoms with van der Waals surface area (Å²) < 4.78 is 15.5. The van der Waals surface area contributed by atoms with Crippen molar-refractivity contribution < 1.29 is 19.1 Å². The normalized spacial score (nSPS) is 18.4. The van der Waals surface area contributed by atoms with E-state index in [4.69, 9.17) is 0 Å². The summed E-state index contributed by atoms with van der Waals surface area (Å²) >= 11 is 3.33. The molecule has 2 aromatic carbocycles. The molecule has 158 valence electrons. The first kappa shape index (κ1) is 22.2. The number of halogens is 2. The van der Waals surface area contributed by atoms with Crippen molar-refractivity contribution >= 4 is 33.4 Å². The third kappa shape index (κ3) is 4.32. The summed E-state index contributed by atoms with van der Waals surface area (Å²) in [5.74, 6) is -2.37. The van der Waals surface area contributed by atoms with Crippen LogP contribution in [0.1, 0.15) is 31.0 Å². The van der Waals surface area contributed by atoms with Crippen LogP contribution in [-0.4, -0.2) is 52.8 Å². The Hall–Kier alpha value is -2.51. The molecular weight excluding hydrogens is 451 g/mol. The topological polar surface area (TPSA) is 60.9 Å². The quantitative estimate of drug-likeness (QED) is 0.368. The van der Waals surface area contributed by atoms with E-state index >= 15 is 0 Å². The minimum Gasteiger partial charge on any atom is -0.507 e. The third-order valence-electron chi connectivity index (χ3n) is 5.41. The minimum atomic E-state index is -0.981. The van der Waals surface area contributed by atoms with E-state index in [2.05, 4.69) is 20.8 Å². The lowest BCUT2D eigenvalue weighted by Crippen LogP contribution is -2.38. The van der Waals surface area contributed by atoms with Gasteiger partial charge >= 0.3 is 0 Å². The number of benzene rings is 2. The summed E-state index contributed by atoms with van der Waals surface area (Å²) in [7, 11) is 0. The van der Waals surface area contributed by atoms with E-state index in [9.17, 15) is 19.1 Å². The van der Waals surface area contributed by atoms with Crippen molar-refractivity contribution in [2.45, 2.75) is 19.9 Å². The van der Waals surface area contributed by atoms with Crippen LogP contribution in [0.15, 0.2) is 58.6 Å². The molecule has 0 unspecified atom stereocenters. The van der Waals surface area contributed by atoms with Gasteiger partial charge in [-0.15, -0.1) is 0 Å². The smallest absolute Gasteiger partial charge is 0.295 e. The van der Waals surface area contributed by atoms with Gasteiger partial charge in [0.05, 0.1) is 11.6 Å². The van der Waals surface area contributed by atoms with Gasteiger partial charge in [0.15, 0.2) is 0 Å². The van der Waals surface area contributed by atoms with E-state index in [1.54, 1.807) is 42.5 Å². The molecule has 7 heteroatoms. The minimum absolute atomic E-state index is 0.0908. The maximum absolute atomic E-state index is 14.7. The zero-order valence-corrected chi connectivity index (χ0v) is 18.5. The maximum Gasteiger partial charge on any atom is 0.295 e. The molecule has 1 aliphatic rings. The molecule has 1 amide bonds. The van der Waals surface area contributed by atoms with Gasteiger partial charge in [0.25, 0.3) is 11.7 Å². The molecule has 0 aliphatic carbocycles. The first-order chi connectivity index (χ1) is 14.4. The van der Waals surface area contributed by atoms with E-state index in [1.807, 2.05) is 13.8 Å². The van der Waals surface area contributed by atoms with E-state index in [1.165, 1.54) is 11.0 Å². The molecular formula is C23H24BrFN2O3. The van der Waals surface area contributed by atoms with Gasteiger partial charge in [-0.3, -0.25) is 9.59 Å². The highest BCUT2D eigenvalue weighted by molar-refractivity contribution is 9.10. The van der Waals surface area contributed by atoms with Crippen LogP contribution in [-0.2, 0) is 9.59 Å². The lowest BCUT2D eigenvalue weighted by atomic mass is 9.95. The Morgan fingerprint density at radius 1 is 1.10 bits per heavy atom. The number of amides is 1. The number of ketones is 1. The van der Waals surface area contributed by atoms with Gasteiger partial charge in [0.2, 0.25) is 0 Å². The molecule has 5 nitrogen and oxygen atoms in total. The fraction of sp³-hybridized carbons (Fsp3) is 0.304. The van der Waals surface area contributed by atoms with Gasteiger partial charge in [-0.2, -0.15) is 0 Å². The molecule has 3 rings (SSSR count). The standard InChI is InChI=1S/C23H24BrFN2O3/c1-3-26(4-2)13-14-27-20(17-7-5-6-8-18(17)25)19(22(29)23(27)30)21(28)15-9-11-16(24)12-10-15/h5-12,20,28H,3-4,13-14H2,1-2H3/b21-19+/t20-/m1/s1. The van der Waals surface area contributed by atoms with Crippen LogP contribution in [0.25, 0.3) is 5.76 Å². The molecule has 0 spiro atoms. The number of Topliss-reactive ketones (excluding diaryl/α,β-unsaturated/α-hetero) is 1. The summed E-state index contributed by atoms with van der Waals surface area (Å²) in [6.07, 6.45) is 0. The maximum atomic E-state index is 14.7. The van der Waals surface area contributed by atoms with E-state index in [0.717, 1.165) is 17.6 Å². The van der Waals surface area contributed by atoms with E-state index < -0.39 is 23.5 Å². The van der Waals surface area contributed by atoms with Gasteiger partial charge in [-0.05, 0) is 31.3 Å². The van der Waals surface area contributed by atoms with Crippen molar-refractivity contribution in [1.82, 2.24) is 9.80 Å². The number of hydrogen-bond acceptors (Lipinski definition) is 4. The van der Waals surface area contributed by atoms with Crippen LogP contribution in [0.2, 0.25) is 0 Å². The average molecular weight is 475 g/mol. The van der Waals surface area contributed by atoms with Crippen LogP contribution >= 0.6 is 15.9 Å². The van der Waals surface area contributed by atoms with E-state index in [-0.39, 0.29) is 23.4 Å². The van der Waals surface area contributed by atoms with Crippen molar-refractivity contribution in [3.05, 3.63) is 75.5 Å². The number of aliphatic hydroxyl groups excluding tert-OH is 1. The largest absolute Gasteiger partial charge is 0.507 e. The number of nitrogens with zero attached hydrogens (tertiary/aromatic N) is 2. The molecule has 0 bridgehead atoms. The summed E-state index contributed by atoms with van der Waals surface area (Å²) in [5, 5.41) is 10.9. The molecule has 1 fully saturated rings. The number of hydrogen-bond donors (Lipinski definition) is 1. The van der Waals surface area contributed by atoms with Crippen LogP contribution in [0.3, 0.4) is 0 Å².